The fraction of sp³-hybridized carbons (Fsp3) is 0.875. The minimum Gasteiger partial charge on any atom is -0.548 e. The second-order valence-electron chi connectivity index (χ2n) is 4.08. The molecule has 0 fully saturated rings. The number of carbonyl (C=O) groups excluding carboxylic acids is 1. The van der Waals surface area contributed by atoms with Gasteiger partial charge in [0.05, 0.1) is 18.1 Å². The van der Waals surface area contributed by atoms with Crippen molar-refractivity contribution in [1.82, 2.24) is 5.32 Å². The molecule has 0 aliphatic rings. The number of aliphatic carboxylic acids is 1. The van der Waals surface area contributed by atoms with Gasteiger partial charge in [-0.25, -0.2) is 0 Å². The standard InChI is InChI=1S/C8H17NO3.K/c1-7(2,5-10)9-8(3,4)6(11)12;/h9-10H,5H2,1-4H3,(H,11,12);/q;+1/p-1. The Hall–Kier alpha value is 1.03. The topological polar surface area (TPSA) is 72.4 Å². The molecule has 72 valence electrons. The molecule has 0 amide bonds. The van der Waals surface area contributed by atoms with Crippen LogP contribution in [0.5, 0.6) is 0 Å². The summed E-state index contributed by atoms with van der Waals surface area (Å²) in [5.74, 6) is -1.18. The zero-order valence-corrected chi connectivity index (χ0v) is 12.1. The number of nitrogens with one attached hydrogen (secondary N) is 1. The summed E-state index contributed by atoms with van der Waals surface area (Å²) in [6, 6.07) is 0. The van der Waals surface area contributed by atoms with Crippen LogP contribution in [-0.4, -0.2) is 28.8 Å². The molecule has 0 bridgehead atoms. The molecule has 0 aliphatic heterocycles. The first-order valence-electron chi connectivity index (χ1n) is 3.83. The zero-order chi connectivity index (χ0) is 9.99. The van der Waals surface area contributed by atoms with E-state index in [4.69, 9.17) is 5.11 Å². The van der Waals surface area contributed by atoms with Crippen molar-refractivity contribution in [3.05, 3.63) is 0 Å². The molecule has 0 unspecified atom stereocenters. The summed E-state index contributed by atoms with van der Waals surface area (Å²) in [6.07, 6.45) is 0. The van der Waals surface area contributed by atoms with Gasteiger partial charge in [0.1, 0.15) is 0 Å². The van der Waals surface area contributed by atoms with Crippen molar-refractivity contribution in [1.29, 1.82) is 0 Å². The van der Waals surface area contributed by atoms with E-state index < -0.39 is 17.0 Å². The van der Waals surface area contributed by atoms with E-state index in [1.54, 1.807) is 13.8 Å². The number of hydrogen-bond donors (Lipinski definition) is 2. The molecular weight excluding hydrogens is 197 g/mol. The van der Waals surface area contributed by atoms with Crippen LogP contribution in [-0.2, 0) is 4.79 Å². The van der Waals surface area contributed by atoms with Crippen LogP contribution in [0.15, 0.2) is 0 Å². The Bertz CT molecular complexity index is 180. The largest absolute Gasteiger partial charge is 1.00 e. The van der Waals surface area contributed by atoms with E-state index in [0.717, 1.165) is 0 Å². The van der Waals surface area contributed by atoms with Gasteiger partial charge in [0.25, 0.3) is 0 Å². The van der Waals surface area contributed by atoms with Crippen molar-refractivity contribution in [3.63, 3.8) is 0 Å². The van der Waals surface area contributed by atoms with Crippen molar-refractivity contribution in [2.75, 3.05) is 6.61 Å². The molecule has 0 saturated heterocycles. The molecule has 0 aromatic rings. The summed E-state index contributed by atoms with van der Waals surface area (Å²) >= 11 is 0. The molecule has 2 N–H and O–H groups in total. The third-order valence-electron chi connectivity index (χ3n) is 1.56. The molecule has 4 nitrogen and oxygen atoms in total. The third-order valence-corrected chi connectivity index (χ3v) is 1.56. The SMILES string of the molecule is CC(C)(CO)NC(C)(C)C(=O)[O-].[K+]. The van der Waals surface area contributed by atoms with Gasteiger partial charge in [-0.2, -0.15) is 0 Å². The molecular formula is C8H16KNO3. The monoisotopic (exact) mass is 213 g/mol. The van der Waals surface area contributed by atoms with Crippen LogP contribution < -0.4 is 61.8 Å². The van der Waals surface area contributed by atoms with Gasteiger partial charge >= 0.3 is 51.4 Å². The zero-order valence-electron chi connectivity index (χ0n) is 8.97. The first kappa shape index (κ1) is 16.5. The Morgan fingerprint density at radius 2 is 1.77 bits per heavy atom. The van der Waals surface area contributed by atoms with E-state index in [1.165, 1.54) is 13.8 Å². The second-order valence-corrected chi connectivity index (χ2v) is 4.08. The smallest absolute Gasteiger partial charge is 0.548 e. The van der Waals surface area contributed by atoms with Crippen LogP contribution in [0.2, 0.25) is 0 Å². The van der Waals surface area contributed by atoms with Crippen molar-refractivity contribution < 1.29 is 66.4 Å². The van der Waals surface area contributed by atoms with Crippen LogP contribution >= 0.6 is 0 Å². The van der Waals surface area contributed by atoms with Gasteiger partial charge in [-0.05, 0) is 27.7 Å². The number of hydrogen-bond acceptors (Lipinski definition) is 4. The third kappa shape index (κ3) is 6.17. The predicted octanol–water partition coefficient (Wildman–Crippen LogP) is -4.12. The Labute approximate surface area is 122 Å². The molecule has 5 heteroatoms. The average Bonchev–Trinajstić information content (AvgIpc) is 1.85. The summed E-state index contributed by atoms with van der Waals surface area (Å²) in [6.45, 7) is 6.32. The van der Waals surface area contributed by atoms with Gasteiger partial charge in [0, 0.05) is 5.54 Å². The van der Waals surface area contributed by atoms with Gasteiger partial charge < -0.3 is 15.0 Å². The van der Waals surface area contributed by atoms with Gasteiger partial charge in [-0.1, -0.05) is 0 Å². The predicted molar refractivity (Wildman–Crippen MR) is 43.4 cm³/mol. The minimum absolute atomic E-state index is 0. The maximum atomic E-state index is 10.6. The van der Waals surface area contributed by atoms with Crippen molar-refractivity contribution in [2.45, 2.75) is 38.8 Å². The summed E-state index contributed by atoms with van der Waals surface area (Å²) < 4.78 is 0. The number of aliphatic hydroxyl groups excluding tert-OH is 1. The normalized spacial score (nSPS) is 12.1. The van der Waals surface area contributed by atoms with E-state index in [9.17, 15) is 9.90 Å². The minimum atomic E-state index is -1.18. The molecule has 0 atom stereocenters. The summed E-state index contributed by atoms with van der Waals surface area (Å²) in [7, 11) is 0. The van der Waals surface area contributed by atoms with E-state index in [1.807, 2.05) is 0 Å². The van der Waals surface area contributed by atoms with Crippen LogP contribution in [0.1, 0.15) is 27.7 Å². The van der Waals surface area contributed by atoms with Crippen LogP contribution in [0.3, 0.4) is 0 Å². The molecule has 0 spiro atoms. The van der Waals surface area contributed by atoms with E-state index in [2.05, 4.69) is 5.32 Å². The fourth-order valence-corrected chi connectivity index (χ4v) is 0.937. The first-order chi connectivity index (χ1) is 5.21. The number of rotatable bonds is 4. The van der Waals surface area contributed by atoms with E-state index in [0.29, 0.717) is 0 Å². The average molecular weight is 213 g/mol. The Balaban J connectivity index is 0. The Morgan fingerprint density at radius 3 is 2.00 bits per heavy atom. The number of aliphatic hydroxyl groups is 1. The molecule has 0 radical (unpaired) electrons. The summed E-state index contributed by atoms with van der Waals surface area (Å²) in [5.41, 5.74) is -1.73. The van der Waals surface area contributed by atoms with Crippen LogP contribution in [0, 0.1) is 0 Å². The van der Waals surface area contributed by atoms with Gasteiger partial charge in [0.2, 0.25) is 0 Å². The second kappa shape index (κ2) is 5.80. The Morgan fingerprint density at radius 1 is 1.38 bits per heavy atom. The molecule has 0 saturated carbocycles. The molecule has 0 heterocycles. The molecule has 13 heavy (non-hydrogen) atoms. The van der Waals surface area contributed by atoms with Crippen LogP contribution in [0.25, 0.3) is 0 Å². The molecule has 0 aromatic carbocycles. The summed E-state index contributed by atoms with van der Waals surface area (Å²) in [5, 5.41) is 22.2. The maximum Gasteiger partial charge on any atom is 1.00 e. The van der Waals surface area contributed by atoms with E-state index in [-0.39, 0.29) is 58.0 Å². The quantitative estimate of drug-likeness (QED) is 0.465. The van der Waals surface area contributed by atoms with Gasteiger partial charge in [0.15, 0.2) is 0 Å². The molecule has 0 rings (SSSR count). The van der Waals surface area contributed by atoms with Crippen molar-refractivity contribution in [2.24, 2.45) is 0 Å². The maximum absolute atomic E-state index is 10.6. The fourth-order valence-electron chi connectivity index (χ4n) is 0.937. The molecule has 0 aliphatic carbocycles. The summed E-state index contributed by atoms with van der Waals surface area (Å²) in [4.78, 5) is 10.6. The molecule has 0 aromatic heterocycles. The van der Waals surface area contributed by atoms with Crippen molar-refractivity contribution >= 4 is 5.97 Å². The van der Waals surface area contributed by atoms with Crippen LogP contribution in [0.4, 0.5) is 0 Å². The van der Waals surface area contributed by atoms with Gasteiger partial charge in [-0.3, -0.25) is 5.32 Å². The number of carbonyl (C=O) groups is 1. The number of carboxylic acid groups (broad SMARTS) is 1. The van der Waals surface area contributed by atoms with Gasteiger partial charge in [-0.15, -0.1) is 0 Å². The number of carboxylic acids is 1. The van der Waals surface area contributed by atoms with E-state index >= 15 is 0 Å². The Kier molecular flexibility index (Phi) is 7.34. The first-order valence-corrected chi connectivity index (χ1v) is 3.83. The van der Waals surface area contributed by atoms with Crippen molar-refractivity contribution in [3.8, 4) is 0 Å².